The predicted octanol–water partition coefficient (Wildman–Crippen LogP) is 3.09. The van der Waals surface area contributed by atoms with Crippen LogP contribution in [0.1, 0.15) is 27.5 Å². The van der Waals surface area contributed by atoms with Gasteiger partial charge in [-0.25, -0.2) is 4.98 Å². The number of nitrogens with zero attached hydrogens (tertiary/aromatic N) is 2. The fraction of sp³-hybridized carbons (Fsp3) is 0.278. The van der Waals surface area contributed by atoms with Crippen molar-refractivity contribution < 1.29 is 14.7 Å². The first-order chi connectivity index (χ1) is 11.5. The Balaban J connectivity index is 1.87. The van der Waals surface area contributed by atoms with Crippen molar-refractivity contribution in [1.82, 2.24) is 9.88 Å². The average Bonchev–Trinajstić information content (AvgIpc) is 3.01. The summed E-state index contributed by atoms with van der Waals surface area (Å²) in [6.45, 7) is 2.46. The molecule has 1 saturated heterocycles. The molecule has 1 aliphatic heterocycles. The largest absolute Gasteiger partial charge is 0.481 e. The Bertz CT molecular complexity index is 779. The number of carboxylic acids is 1. The van der Waals surface area contributed by atoms with Crippen molar-refractivity contribution >= 4 is 27.8 Å². The molecule has 124 valence electrons. The Morgan fingerprint density at radius 1 is 1.25 bits per heavy atom. The second kappa shape index (κ2) is 6.73. The van der Waals surface area contributed by atoms with Gasteiger partial charge in [-0.1, -0.05) is 30.3 Å². The van der Waals surface area contributed by atoms with Crippen LogP contribution >= 0.6 is 15.9 Å². The van der Waals surface area contributed by atoms with Crippen LogP contribution in [0.15, 0.2) is 47.1 Å². The van der Waals surface area contributed by atoms with E-state index in [4.69, 9.17) is 0 Å². The number of hydrogen-bond donors (Lipinski definition) is 1. The zero-order valence-electron chi connectivity index (χ0n) is 13.1. The van der Waals surface area contributed by atoms with Crippen molar-refractivity contribution in [2.75, 3.05) is 13.1 Å². The number of aliphatic carboxylic acids is 1. The van der Waals surface area contributed by atoms with E-state index < -0.39 is 11.9 Å². The van der Waals surface area contributed by atoms with Gasteiger partial charge in [0.25, 0.3) is 5.91 Å². The molecule has 1 amide bonds. The number of likely N-dealkylation sites (tertiary alicyclic amines) is 1. The standard InChI is InChI=1S/C18H17BrN2O3/c1-11-7-15(19)16(20-8-11)17(22)21-9-13(14(10-21)18(23)24)12-5-3-2-4-6-12/h2-8,13-14H,9-10H2,1H3,(H,23,24)/t13-,14+/m1/s1. The first-order valence-electron chi connectivity index (χ1n) is 7.66. The maximum absolute atomic E-state index is 12.8. The maximum atomic E-state index is 12.8. The second-order valence-corrected chi connectivity index (χ2v) is 6.87. The number of halogens is 1. The fourth-order valence-corrected chi connectivity index (χ4v) is 3.73. The highest BCUT2D eigenvalue weighted by Crippen LogP contribution is 2.34. The van der Waals surface area contributed by atoms with Gasteiger partial charge < -0.3 is 10.0 Å². The van der Waals surface area contributed by atoms with E-state index in [1.807, 2.05) is 43.3 Å². The Morgan fingerprint density at radius 3 is 2.58 bits per heavy atom. The van der Waals surface area contributed by atoms with Crippen molar-refractivity contribution in [3.63, 3.8) is 0 Å². The second-order valence-electron chi connectivity index (χ2n) is 6.02. The Hall–Kier alpha value is -2.21. The molecule has 2 atom stereocenters. The highest BCUT2D eigenvalue weighted by molar-refractivity contribution is 9.10. The minimum Gasteiger partial charge on any atom is -0.481 e. The molecule has 0 radical (unpaired) electrons. The summed E-state index contributed by atoms with van der Waals surface area (Å²) in [6, 6.07) is 11.3. The molecule has 0 saturated carbocycles. The molecule has 0 bridgehead atoms. The van der Waals surface area contributed by atoms with Gasteiger partial charge in [-0.2, -0.15) is 0 Å². The van der Waals surface area contributed by atoms with Crippen LogP contribution in [0.5, 0.6) is 0 Å². The molecule has 1 fully saturated rings. The van der Waals surface area contributed by atoms with Gasteiger partial charge in [-0.05, 0) is 40.0 Å². The van der Waals surface area contributed by atoms with Crippen molar-refractivity contribution in [3.05, 3.63) is 63.9 Å². The van der Waals surface area contributed by atoms with E-state index in [1.54, 1.807) is 11.1 Å². The van der Waals surface area contributed by atoms with Crippen molar-refractivity contribution in [1.29, 1.82) is 0 Å². The Kier molecular flexibility index (Phi) is 4.66. The third-order valence-corrected chi connectivity index (χ3v) is 4.94. The number of aromatic nitrogens is 1. The number of pyridine rings is 1. The van der Waals surface area contributed by atoms with E-state index in [-0.39, 0.29) is 18.4 Å². The van der Waals surface area contributed by atoms with E-state index in [1.165, 1.54) is 0 Å². The minimum atomic E-state index is -0.880. The number of aryl methyl sites for hydroxylation is 1. The van der Waals surface area contributed by atoms with Gasteiger partial charge in [-0.3, -0.25) is 9.59 Å². The quantitative estimate of drug-likeness (QED) is 0.876. The molecule has 3 rings (SSSR count). The molecule has 0 spiro atoms. The van der Waals surface area contributed by atoms with E-state index in [0.717, 1.165) is 11.1 Å². The van der Waals surface area contributed by atoms with Crippen LogP contribution in [0.2, 0.25) is 0 Å². The maximum Gasteiger partial charge on any atom is 0.308 e. The lowest BCUT2D eigenvalue weighted by Gasteiger charge is -2.17. The number of carbonyl (C=O) groups excluding carboxylic acids is 1. The van der Waals surface area contributed by atoms with Crippen LogP contribution in [0.25, 0.3) is 0 Å². The van der Waals surface area contributed by atoms with Gasteiger partial charge in [0.05, 0.1) is 5.92 Å². The molecule has 1 aromatic heterocycles. The predicted molar refractivity (Wildman–Crippen MR) is 92.9 cm³/mol. The summed E-state index contributed by atoms with van der Waals surface area (Å²) in [7, 11) is 0. The smallest absolute Gasteiger partial charge is 0.308 e. The summed E-state index contributed by atoms with van der Waals surface area (Å²) < 4.78 is 0.627. The van der Waals surface area contributed by atoms with E-state index >= 15 is 0 Å². The van der Waals surface area contributed by atoms with Crippen LogP contribution in [0.3, 0.4) is 0 Å². The number of rotatable bonds is 3. The molecular formula is C18H17BrN2O3. The molecule has 5 nitrogen and oxygen atoms in total. The molecule has 1 N–H and O–H groups in total. The summed E-state index contributed by atoms with van der Waals surface area (Å²) in [6.07, 6.45) is 1.64. The molecular weight excluding hydrogens is 372 g/mol. The SMILES string of the molecule is Cc1cnc(C(=O)N2C[C@H](C(=O)O)[C@@H](c3ccccc3)C2)c(Br)c1. The van der Waals surface area contributed by atoms with Crippen LogP contribution in [0, 0.1) is 12.8 Å². The van der Waals surface area contributed by atoms with Crippen LogP contribution in [-0.4, -0.2) is 40.0 Å². The highest BCUT2D eigenvalue weighted by Gasteiger charge is 2.41. The monoisotopic (exact) mass is 388 g/mol. The van der Waals surface area contributed by atoms with Crippen LogP contribution in [-0.2, 0) is 4.79 Å². The summed E-state index contributed by atoms with van der Waals surface area (Å²) in [5.74, 6) is -1.95. The number of carboxylic acid groups (broad SMARTS) is 1. The lowest BCUT2D eigenvalue weighted by atomic mass is 9.89. The van der Waals surface area contributed by atoms with E-state index in [9.17, 15) is 14.7 Å². The topological polar surface area (TPSA) is 70.5 Å². The fourth-order valence-electron chi connectivity index (χ4n) is 3.10. The van der Waals surface area contributed by atoms with Gasteiger partial charge in [0.2, 0.25) is 0 Å². The number of carbonyl (C=O) groups is 2. The summed E-state index contributed by atoms with van der Waals surface area (Å²) in [5, 5.41) is 9.54. The normalized spacial score (nSPS) is 20.2. The molecule has 24 heavy (non-hydrogen) atoms. The molecule has 6 heteroatoms. The van der Waals surface area contributed by atoms with Gasteiger partial charge in [0.15, 0.2) is 0 Å². The number of amides is 1. The molecule has 1 aromatic carbocycles. The zero-order valence-corrected chi connectivity index (χ0v) is 14.7. The van der Waals surface area contributed by atoms with Gasteiger partial charge in [-0.15, -0.1) is 0 Å². The van der Waals surface area contributed by atoms with E-state index in [0.29, 0.717) is 16.7 Å². The molecule has 1 aliphatic rings. The van der Waals surface area contributed by atoms with E-state index in [2.05, 4.69) is 20.9 Å². The molecule has 0 aliphatic carbocycles. The first kappa shape index (κ1) is 16.6. The van der Waals surface area contributed by atoms with Crippen LogP contribution in [0.4, 0.5) is 0 Å². The minimum absolute atomic E-state index is 0.190. The van der Waals surface area contributed by atoms with Crippen LogP contribution < -0.4 is 0 Å². The third kappa shape index (κ3) is 3.19. The van der Waals surface area contributed by atoms with Gasteiger partial charge in [0, 0.05) is 29.7 Å². The van der Waals surface area contributed by atoms with Crippen molar-refractivity contribution in [2.45, 2.75) is 12.8 Å². The highest BCUT2D eigenvalue weighted by atomic mass is 79.9. The summed E-state index contributed by atoms with van der Waals surface area (Å²) in [4.78, 5) is 30.2. The average molecular weight is 389 g/mol. The lowest BCUT2D eigenvalue weighted by Crippen LogP contribution is -2.30. The summed E-state index contributed by atoms with van der Waals surface area (Å²) in [5.41, 5.74) is 2.21. The molecule has 2 heterocycles. The number of benzene rings is 1. The molecule has 2 aromatic rings. The molecule has 0 unspecified atom stereocenters. The Labute approximate surface area is 148 Å². The third-order valence-electron chi connectivity index (χ3n) is 4.33. The van der Waals surface area contributed by atoms with Crippen molar-refractivity contribution in [3.8, 4) is 0 Å². The zero-order chi connectivity index (χ0) is 17.3. The van der Waals surface area contributed by atoms with Gasteiger partial charge in [0.1, 0.15) is 5.69 Å². The van der Waals surface area contributed by atoms with Gasteiger partial charge >= 0.3 is 5.97 Å². The number of hydrogen-bond acceptors (Lipinski definition) is 3. The van der Waals surface area contributed by atoms with Crippen molar-refractivity contribution in [2.24, 2.45) is 5.92 Å². The lowest BCUT2D eigenvalue weighted by molar-refractivity contribution is -0.141. The first-order valence-corrected chi connectivity index (χ1v) is 8.46. The Morgan fingerprint density at radius 2 is 1.96 bits per heavy atom. The summed E-state index contributed by atoms with van der Waals surface area (Å²) >= 11 is 3.37.